The van der Waals surface area contributed by atoms with E-state index in [9.17, 15) is 20.1 Å². The normalized spacial score (nSPS) is 14.2. The molecule has 5 heteroatoms. The molecule has 44 heavy (non-hydrogen) atoms. The summed E-state index contributed by atoms with van der Waals surface area (Å²) in [4.78, 5) is 12.3. The zero-order valence-corrected chi connectivity index (χ0v) is 29.0. The lowest BCUT2D eigenvalue weighted by Crippen LogP contribution is -2.45. The molecule has 1 amide bonds. The molecule has 5 nitrogen and oxygen atoms in total. The van der Waals surface area contributed by atoms with E-state index in [2.05, 4.69) is 43.5 Å². The molecule has 0 saturated carbocycles. The number of unbranched alkanes of at least 4 members (excludes halogenated alkanes) is 20. The minimum atomic E-state index is -0.956. The third-order valence-electron chi connectivity index (χ3n) is 8.40. The summed E-state index contributed by atoms with van der Waals surface area (Å²) in [6.45, 7) is 4.16. The van der Waals surface area contributed by atoms with E-state index in [-0.39, 0.29) is 18.9 Å². The maximum atomic E-state index is 12.3. The van der Waals surface area contributed by atoms with E-state index in [0.717, 1.165) is 38.5 Å². The first-order chi connectivity index (χ1) is 21.5. The average molecular weight is 620 g/mol. The van der Waals surface area contributed by atoms with Crippen molar-refractivity contribution < 1.29 is 20.1 Å². The van der Waals surface area contributed by atoms with Crippen LogP contribution in [0.3, 0.4) is 0 Å². The zero-order valence-electron chi connectivity index (χ0n) is 29.0. The Labute approximate surface area is 273 Å². The number of carbonyl (C=O) groups excluding carboxylic acids is 1. The first kappa shape index (κ1) is 42.6. The molecular formula is C39H73NO4. The number of amides is 1. The molecule has 4 N–H and O–H groups in total. The standard InChI is InChI=1S/C39H73NO4/c1-3-5-7-9-11-13-15-16-17-18-19-20-21-23-25-27-29-31-33-38(43)37(35-41)40-39(44)34-36(42)32-30-28-26-24-22-14-12-10-8-6-4-2/h23-26,31,33,36-38,41-43H,3-22,27-30,32,34-35H2,1-2H3,(H,40,44)/b25-23+,26-24-,33-31+. The van der Waals surface area contributed by atoms with Gasteiger partial charge in [-0.3, -0.25) is 4.79 Å². The number of carbonyl (C=O) groups is 1. The second-order valence-electron chi connectivity index (χ2n) is 12.8. The van der Waals surface area contributed by atoms with Crippen LogP contribution in [0.15, 0.2) is 36.5 Å². The summed E-state index contributed by atoms with van der Waals surface area (Å²) in [5.41, 5.74) is 0. The predicted molar refractivity (Wildman–Crippen MR) is 190 cm³/mol. The smallest absolute Gasteiger partial charge is 0.222 e. The van der Waals surface area contributed by atoms with E-state index in [0.29, 0.717) is 6.42 Å². The van der Waals surface area contributed by atoms with Crippen LogP contribution in [0.5, 0.6) is 0 Å². The summed E-state index contributed by atoms with van der Waals surface area (Å²) < 4.78 is 0. The Bertz CT molecular complexity index is 690. The number of nitrogens with one attached hydrogen (secondary N) is 1. The molecule has 0 aromatic heterocycles. The Morgan fingerprint density at radius 3 is 1.45 bits per heavy atom. The molecule has 0 saturated heterocycles. The van der Waals surface area contributed by atoms with Gasteiger partial charge in [0, 0.05) is 0 Å². The molecule has 3 atom stereocenters. The highest BCUT2D eigenvalue weighted by Gasteiger charge is 2.19. The predicted octanol–water partition coefficient (Wildman–Crippen LogP) is 10.0. The molecule has 0 bridgehead atoms. The fourth-order valence-electron chi connectivity index (χ4n) is 5.47. The molecular weight excluding hydrogens is 546 g/mol. The van der Waals surface area contributed by atoms with Crippen LogP contribution in [0.1, 0.15) is 181 Å². The molecule has 0 aromatic carbocycles. The molecule has 3 unspecified atom stereocenters. The van der Waals surface area contributed by atoms with Crippen LogP contribution < -0.4 is 5.32 Å². The van der Waals surface area contributed by atoms with E-state index >= 15 is 0 Å². The van der Waals surface area contributed by atoms with E-state index < -0.39 is 18.2 Å². The number of aliphatic hydroxyl groups excluding tert-OH is 3. The maximum Gasteiger partial charge on any atom is 0.222 e. The number of hydrogen-bond acceptors (Lipinski definition) is 4. The monoisotopic (exact) mass is 620 g/mol. The molecule has 0 aliphatic rings. The minimum absolute atomic E-state index is 0.0155. The number of aliphatic hydroxyl groups is 3. The molecule has 0 heterocycles. The highest BCUT2D eigenvalue weighted by molar-refractivity contribution is 5.76. The van der Waals surface area contributed by atoms with Gasteiger partial charge in [-0.05, 0) is 57.8 Å². The third kappa shape index (κ3) is 30.6. The Morgan fingerprint density at radius 2 is 0.977 bits per heavy atom. The molecule has 0 aliphatic carbocycles. The van der Waals surface area contributed by atoms with Crippen molar-refractivity contribution in [1.82, 2.24) is 5.32 Å². The SMILES string of the molecule is CCCCCCCC/C=C\CCCC(O)CC(=O)NC(CO)C(O)/C=C/CC/C=C/CCCCCCCCCCCCCC. The molecule has 0 fully saturated rings. The van der Waals surface area contributed by atoms with Crippen LogP contribution in [0.4, 0.5) is 0 Å². The van der Waals surface area contributed by atoms with Gasteiger partial charge in [-0.25, -0.2) is 0 Å². The van der Waals surface area contributed by atoms with Crippen molar-refractivity contribution in [2.24, 2.45) is 0 Å². The van der Waals surface area contributed by atoms with Crippen LogP contribution in [0, 0.1) is 0 Å². The largest absolute Gasteiger partial charge is 0.394 e. The van der Waals surface area contributed by atoms with Gasteiger partial charge in [0.25, 0.3) is 0 Å². The van der Waals surface area contributed by atoms with Crippen LogP contribution in [-0.2, 0) is 4.79 Å². The molecule has 0 aliphatic heterocycles. The van der Waals surface area contributed by atoms with Crippen molar-refractivity contribution >= 4 is 5.91 Å². The zero-order chi connectivity index (χ0) is 32.4. The summed E-state index contributed by atoms with van der Waals surface area (Å²) in [6.07, 6.45) is 41.3. The van der Waals surface area contributed by atoms with Crippen molar-refractivity contribution in [2.75, 3.05) is 6.61 Å². The van der Waals surface area contributed by atoms with Gasteiger partial charge in [-0.2, -0.15) is 0 Å². The lowest BCUT2D eigenvalue weighted by Gasteiger charge is -2.20. The van der Waals surface area contributed by atoms with E-state index in [1.165, 1.54) is 116 Å². The summed E-state index contributed by atoms with van der Waals surface area (Å²) in [7, 11) is 0. The van der Waals surface area contributed by atoms with Crippen LogP contribution in [-0.4, -0.2) is 46.1 Å². The average Bonchev–Trinajstić information content (AvgIpc) is 3.01. The van der Waals surface area contributed by atoms with Crippen molar-refractivity contribution in [1.29, 1.82) is 0 Å². The lowest BCUT2D eigenvalue weighted by molar-refractivity contribution is -0.124. The molecule has 0 radical (unpaired) electrons. The van der Waals surface area contributed by atoms with Gasteiger partial charge in [0.1, 0.15) is 0 Å². The Balaban J connectivity index is 3.81. The Hall–Kier alpha value is -1.43. The van der Waals surface area contributed by atoms with Crippen molar-refractivity contribution in [3.05, 3.63) is 36.5 Å². The summed E-state index contributed by atoms with van der Waals surface area (Å²) in [5.74, 6) is -0.344. The summed E-state index contributed by atoms with van der Waals surface area (Å²) in [6, 6.07) is -0.766. The quantitative estimate of drug-likeness (QED) is 0.0435. The molecule has 0 rings (SSSR count). The topological polar surface area (TPSA) is 89.8 Å². The van der Waals surface area contributed by atoms with Gasteiger partial charge in [0.2, 0.25) is 5.91 Å². The fraction of sp³-hybridized carbons (Fsp3) is 0.821. The number of allylic oxidation sites excluding steroid dienone is 5. The second-order valence-corrected chi connectivity index (χ2v) is 12.8. The van der Waals surface area contributed by atoms with Crippen LogP contribution in [0.2, 0.25) is 0 Å². The van der Waals surface area contributed by atoms with E-state index in [4.69, 9.17) is 0 Å². The molecule has 258 valence electrons. The summed E-state index contributed by atoms with van der Waals surface area (Å²) in [5, 5.41) is 33.0. The van der Waals surface area contributed by atoms with E-state index in [1.807, 2.05) is 6.08 Å². The van der Waals surface area contributed by atoms with Crippen LogP contribution >= 0.6 is 0 Å². The minimum Gasteiger partial charge on any atom is -0.394 e. The third-order valence-corrected chi connectivity index (χ3v) is 8.40. The van der Waals surface area contributed by atoms with Gasteiger partial charge in [-0.1, -0.05) is 153 Å². The second kappa shape index (κ2) is 34.4. The van der Waals surface area contributed by atoms with Crippen molar-refractivity contribution in [2.45, 2.75) is 199 Å². The van der Waals surface area contributed by atoms with Crippen molar-refractivity contribution in [3.8, 4) is 0 Å². The van der Waals surface area contributed by atoms with Crippen molar-refractivity contribution in [3.63, 3.8) is 0 Å². The van der Waals surface area contributed by atoms with Crippen LogP contribution in [0.25, 0.3) is 0 Å². The molecule has 0 spiro atoms. The van der Waals surface area contributed by atoms with Gasteiger partial charge < -0.3 is 20.6 Å². The van der Waals surface area contributed by atoms with Gasteiger partial charge in [0.15, 0.2) is 0 Å². The highest BCUT2D eigenvalue weighted by atomic mass is 16.3. The first-order valence-corrected chi connectivity index (χ1v) is 18.8. The van der Waals surface area contributed by atoms with Gasteiger partial charge in [-0.15, -0.1) is 0 Å². The summed E-state index contributed by atoms with van der Waals surface area (Å²) >= 11 is 0. The van der Waals surface area contributed by atoms with Gasteiger partial charge >= 0.3 is 0 Å². The lowest BCUT2D eigenvalue weighted by atomic mass is 10.0. The maximum absolute atomic E-state index is 12.3. The Kier molecular flexibility index (Phi) is 33.3. The number of rotatable bonds is 33. The molecule has 0 aromatic rings. The first-order valence-electron chi connectivity index (χ1n) is 18.8. The highest BCUT2D eigenvalue weighted by Crippen LogP contribution is 2.13. The number of hydrogen-bond donors (Lipinski definition) is 4. The van der Waals surface area contributed by atoms with Gasteiger partial charge in [0.05, 0.1) is 31.3 Å². The fourth-order valence-corrected chi connectivity index (χ4v) is 5.47. The van der Waals surface area contributed by atoms with E-state index in [1.54, 1.807) is 6.08 Å². The Morgan fingerprint density at radius 1 is 0.568 bits per heavy atom.